The standard InChI is InChI=1S/C56H78FN13O10/c1-9-42(37-13-11-10-12-14-37)65-52(73)44-30-39(34-69(44)55(75)49(56(4,5)6)67-51(72)35(2)60-7)61-19-22-77-24-26-79-28-27-78-25-23-76-21-17-47(71)62-18-20-70-45(31-58)48-43-32-63-50(59)53(66-43)80-36(3)41-29-38(57)15-16-40(41)54(74)68(8)46(48)33-64-70/h10-16,29,32-33,35-36,39,42,44,46,49,60-61H,9,17-28,30,34H2,1-8H3,(H2,59,63)(H,62,71)(H,65,73)(H,67,72)/t35-,36+,39-,42+,44-,46?,49+/m0/s1. The lowest BCUT2D eigenvalue weighted by Crippen LogP contribution is -2.59. The van der Waals surface area contributed by atoms with Crippen molar-refractivity contribution < 1.29 is 52.0 Å². The molecule has 1 fully saturated rings. The summed E-state index contributed by atoms with van der Waals surface area (Å²) in [6, 6.07) is 12.3. The number of nitrogens with one attached hydrogen (secondary N) is 5. The summed E-state index contributed by atoms with van der Waals surface area (Å²) < 4.78 is 43.1. The van der Waals surface area contributed by atoms with Gasteiger partial charge in [0, 0.05) is 55.8 Å². The van der Waals surface area contributed by atoms with Gasteiger partial charge in [0.1, 0.15) is 35.8 Å². The van der Waals surface area contributed by atoms with Crippen LogP contribution in [-0.2, 0) is 38.1 Å². The summed E-state index contributed by atoms with van der Waals surface area (Å²) >= 11 is 0. The van der Waals surface area contributed by atoms with Crippen molar-refractivity contribution in [1.29, 1.82) is 5.26 Å². The van der Waals surface area contributed by atoms with Crippen molar-refractivity contribution in [3.05, 3.63) is 88.6 Å². The zero-order valence-electron chi connectivity index (χ0n) is 47.1. The first kappa shape index (κ1) is 62.1. The van der Waals surface area contributed by atoms with E-state index in [0.29, 0.717) is 64.6 Å². The molecule has 2 aromatic carbocycles. The molecule has 3 aromatic rings. The molecular formula is C56H78FN13O10. The number of likely N-dealkylation sites (tertiary alicyclic amines) is 1. The molecule has 1 saturated heterocycles. The van der Waals surface area contributed by atoms with Crippen molar-refractivity contribution in [2.24, 2.45) is 10.5 Å². The first-order chi connectivity index (χ1) is 38.4. The molecular weight excluding hydrogens is 1030 g/mol. The number of anilines is 1. The molecule has 0 aliphatic carbocycles. The molecule has 80 heavy (non-hydrogen) atoms. The van der Waals surface area contributed by atoms with Crippen molar-refractivity contribution in [3.63, 3.8) is 0 Å². The maximum absolute atomic E-state index is 14.4. The highest BCUT2D eigenvalue weighted by molar-refractivity contribution is 6.01. The Morgan fingerprint density at radius 2 is 1.64 bits per heavy atom. The highest BCUT2D eigenvalue weighted by Crippen LogP contribution is 2.35. The number of likely N-dealkylation sites (N-methyl/N-ethyl adjacent to an activating group) is 2. The number of amides is 5. The van der Waals surface area contributed by atoms with Gasteiger partial charge in [-0.15, -0.1) is 0 Å². The summed E-state index contributed by atoms with van der Waals surface area (Å²) in [7, 11) is 3.23. The summed E-state index contributed by atoms with van der Waals surface area (Å²) in [4.78, 5) is 79.8. The fraction of sp³-hybridized carbons (Fsp3) is 0.554. The number of hydrogen-bond donors (Lipinski definition) is 6. The maximum atomic E-state index is 14.4. The lowest BCUT2D eigenvalue weighted by Gasteiger charge is -2.36. The quantitative estimate of drug-likeness (QED) is 0.0599. The number of rotatable bonds is 27. The third-order valence-corrected chi connectivity index (χ3v) is 14.0. The molecule has 24 heteroatoms. The fourth-order valence-electron chi connectivity index (χ4n) is 9.33. The van der Waals surface area contributed by atoms with E-state index in [0.717, 1.165) is 5.56 Å². The normalized spacial score (nSPS) is 19.2. The van der Waals surface area contributed by atoms with E-state index in [1.807, 2.05) is 58.0 Å². The molecule has 1 aromatic heterocycles. The average molecular weight is 1110 g/mol. The van der Waals surface area contributed by atoms with Crippen molar-refractivity contribution in [2.45, 2.75) is 103 Å². The number of nitrogen functional groups attached to an aromatic ring is 1. The minimum absolute atomic E-state index is 0.0355. The van der Waals surface area contributed by atoms with E-state index < -0.39 is 47.4 Å². The molecule has 2 bridgehead atoms. The van der Waals surface area contributed by atoms with Gasteiger partial charge in [-0.25, -0.2) is 14.4 Å². The molecule has 434 valence electrons. The highest BCUT2D eigenvalue weighted by Gasteiger charge is 2.45. The number of fused-ring (bicyclic) bond motifs is 5. The van der Waals surface area contributed by atoms with Gasteiger partial charge in [-0.3, -0.25) is 29.0 Å². The number of hydrazone groups is 1. The van der Waals surface area contributed by atoms with E-state index in [-0.39, 0.29) is 109 Å². The summed E-state index contributed by atoms with van der Waals surface area (Å²) in [5.41, 5.74) is 7.52. The van der Waals surface area contributed by atoms with Gasteiger partial charge in [0.05, 0.1) is 95.6 Å². The Hall–Kier alpha value is -7.14. The number of halogens is 1. The third kappa shape index (κ3) is 16.7. The van der Waals surface area contributed by atoms with Crippen LogP contribution in [-0.4, -0.2) is 184 Å². The van der Waals surface area contributed by atoms with Gasteiger partial charge in [0.15, 0.2) is 5.82 Å². The van der Waals surface area contributed by atoms with Gasteiger partial charge in [-0.1, -0.05) is 58.0 Å². The van der Waals surface area contributed by atoms with Crippen molar-refractivity contribution in [3.8, 4) is 11.9 Å². The fourth-order valence-corrected chi connectivity index (χ4v) is 9.33. The number of ether oxygens (including phenoxy) is 5. The van der Waals surface area contributed by atoms with Gasteiger partial charge in [0.2, 0.25) is 23.6 Å². The van der Waals surface area contributed by atoms with Crippen molar-refractivity contribution in [2.75, 3.05) is 98.9 Å². The van der Waals surface area contributed by atoms with Crippen LogP contribution in [0.1, 0.15) is 100 Å². The van der Waals surface area contributed by atoms with E-state index in [1.165, 1.54) is 40.5 Å². The largest absolute Gasteiger partial charge is 0.467 e. The zero-order valence-corrected chi connectivity index (χ0v) is 47.1. The number of allylic oxidation sites excluding steroid dienone is 1. The zero-order chi connectivity index (χ0) is 57.9. The van der Waals surface area contributed by atoms with Crippen LogP contribution >= 0.6 is 0 Å². The predicted octanol–water partition coefficient (Wildman–Crippen LogP) is 2.87. The first-order valence-corrected chi connectivity index (χ1v) is 27.1. The number of aromatic nitrogens is 2. The van der Waals surface area contributed by atoms with Crippen LogP contribution in [0, 0.1) is 22.6 Å². The van der Waals surface area contributed by atoms with Crippen molar-refractivity contribution in [1.82, 2.24) is 51.4 Å². The lowest BCUT2D eigenvalue weighted by atomic mass is 9.85. The van der Waals surface area contributed by atoms with Crippen LogP contribution in [0.5, 0.6) is 5.88 Å². The van der Waals surface area contributed by atoms with Crippen LogP contribution in [0.15, 0.2) is 65.5 Å². The Bertz CT molecular complexity index is 2700. The molecule has 3 aliphatic heterocycles. The Kier molecular flexibility index (Phi) is 23.2. The smallest absolute Gasteiger partial charge is 0.258 e. The van der Waals surface area contributed by atoms with Gasteiger partial charge < -0.3 is 65.8 Å². The Balaban J connectivity index is 0.857. The molecule has 4 heterocycles. The monoisotopic (exact) mass is 1110 g/mol. The number of nitrogens with two attached hydrogens (primary N) is 1. The number of carbonyl (C=O) groups excluding carboxylic acids is 5. The Morgan fingerprint density at radius 3 is 2.29 bits per heavy atom. The van der Waals surface area contributed by atoms with Crippen LogP contribution in [0.4, 0.5) is 10.2 Å². The van der Waals surface area contributed by atoms with E-state index in [2.05, 4.69) is 47.7 Å². The van der Waals surface area contributed by atoms with Gasteiger partial charge in [-0.2, -0.15) is 10.4 Å². The van der Waals surface area contributed by atoms with E-state index in [4.69, 9.17) is 29.4 Å². The molecule has 5 amide bonds. The summed E-state index contributed by atoms with van der Waals surface area (Å²) in [5.74, 6) is -2.25. The average Bonchev–Trinajstić information content (AvgIpc) is 3.90. The Morgan fingerprint density at radius 1 is 0.963 bits per heavy atom. The van der Waals surface area contributed by atoms with E-state index in [9.17, 15) is 33.6 Å². The molecule has 23 nitrogen and oxygen atoms in total. The number of nitriles is 1. The summed E-state index contributed by atoms with van der Waals surface area (Å²) in [6.07, 6.45) is 3.17. The Labute approximate surface area is 467 Å². The molecule has 7 N–H and O–H groups in total. The summed E-state index contributed by atoms with van der Waals surface area (Å²) in [6.45, 7) is 14.5. The van der Waals surface area contributed by atoms with Crippen molar-refractivity contribution >= 4 is 47.1 Å². The van der Waals surface area contributed by atoms with Gasteiger partial charge in [-0.05, 0) is 62.9 Å². The van der Waals surface area contributed by atoms with Gasteiger partial charge >= 0.3 is 0 Å². The number of carbonyl (C=O) groups is 5. The second kappa shape index (κ2) is 29.9. The molecule has 0 radical (unpaired) electrons. The van der Waals surface area contributed by atoms with Gasteiger partial charge in [0.25, 0.3) is 11.8 Å². The molecule has 7 atom stereocenters. The van der Waals surface area contributed by atoms with Crippen LogP contribution < -0.4 is 37.1 Å². The molecule has 0 spiro atoms. The SMILES string of the molecule is CC[C@@H](NC(=O)[C@@H]1C[C@H](NCCOCCOCCOCCOCCC(=O)NCCN2N=CC3C(=C2C#N)c2cnc(N)c(n2)O[C@H](C)c2cc(F)ccc2C(=O)N3C)CN1C(=O)[C@@H](NC(=O)[C@H](C)NC)C(C)(C)C)c1ccccc1. The third-order valence-electron chi connectivity index (χ3n) is 14.0. The minimum atomic E-state index is -0.880. The second-order valence-electron chi connectivity index (χ2n) is 20.7. The first-order valence-electron chi connectivity index (χ1n) is 27.1. The van der Waals surface area contributed by atoms with E-state index >= 15 is 0 Å². The molecule has 3 aliphatic rings. The number of nitrogens with zero attached hydrogens (tertiary/aromatic N) is 7. The summed E-state index contributed by atoms with van der Waals surface area (Å²) in [5, 5.41) is 31.6. The van der Waals surface area contributed by atoms with E-state index in [1.54, 1.807) is 32.8 Å². The minimum Gasteiger partial charge on any atom is -0.467 e. The number of hydrogen-bond acceptors (Lipinski definition) is 18. The molecule has 0 saturated carbocycles. The molecule has 1 unspecified atom stereocenters. The highest BCUT2D eigenvalue weighted by atomic mass is 19.1. The number of benzene rings is 2. The van der Waals surface area contributed by atoms with Crippen LogP contribution in [0.2, 0.25) is 0 Å². The van der Waals surface area contributed by atoms with Crippen LogP contribution in [0.3, 0.4) is 0 Å². The second-order valence-corrected chi connectivity index (χ2v) is 20.7. The topological polar surface area (TPSA) is 289 Å². The lowest BCUT2D eigenvalue weighted by molar-refractivity contribution is -0.144. The maximum Gasteiger partial charge on any atom is 0.258 e. The van der Waals surface area contributed by atoms with Crippen LogP contribution in [0.25, 0.3) is 5.57 Å². The molecule has 6 rings (SSSR count). The predicted molar refractivity (Wildman–Crippen MR) is 296 cm³/mol.